The van der Waals surface area contributed by atoms with E-state index in [4.69, 9.17) is 21.1 Å². The second kappa shape index (κ2) is 10.8. The van der Waals surface area contributed by atoms with Gasteiger partial charge in [0.15, 0.2) is 0 Å². The number of nitrogens with zero attached hydrogens (tertiary/aromatic N) is 1. The fourth-order valence-corrected chi connectivity index (χ4v) is 4.06. The Morgan fingerprint density at radius 1 is 1.27 bits per heavy atom. The van der Waals surface area contributed by atoms with Crippen LogP contribution in [-0.2, 0) is 14.3 Å². The largest absolute Gasteiger partial charge is 0.384 e. The van der Waals surface area contributed by atoms with E-state index < -0.39 is 0 Å². The van der Waals surface area contributed by atoms with Crippen LogP contribution in [0.25, 0.3) is 0 Å². The van der Waals surface area contributed by atoms with Crippen molar-refractivity contribution in [1.29, 1.82) is 0 Å². The maximum Gasteiger partial charge on any atom is 0.120 e. The van der Waals surface area contributed by atoms with Gasteiger partial charge in [-0.15, -0.1) is 0 Å². The van der Waals surface area contributed by atoms with E-state index in [0.29, 0.717) is 36.6 Å². The highest BCUT2D eigenvalue weighted by Gasteiger charge is 2.28. The molecule has 2 aromatic carbocycles. The highest BCUT2D eigenvalue weighted by atomic mass is 35.5. The highest BCUT2D eigenvalue weighted by molar-refractivity contribution is 6.30. The number of aldehydes is 1. The van der Waals surface area contributed by atoms with Crippen LogP contribution in [-0.4, -0.2) is 45.8 Å². The summed E-state index contributed by atoms with van der Waals surface area (Å²) in [6.45, 7) is 7.23. The number of hydrogen-bond donors (Lipinski definition) is 1. The van der Waals surface area contributed by atoms with Gasteiger partial charge >= 0.3 is 0 Å². The van der Waals surface area contributed by atoms with Gasteiger partial charge in [0.25, 0.3) is 0 Å². The van der Waals surface area contributed by atoms with Gasteiger partial charge in [-0.1, -0.05) is 31.5 Å². The van der Waals surface area contributed by atoms with Crippen molar-refractivity contribution in [2.45, 2.75) is 32.2 Å². The van der Waals surface area contributed by atoms with Gasteiger partial charge in [-0.3, -0.25) is 0 Å². The van der Waals surface area contributed by atoms with E-state index in [9.17, 15) is 4.79 Å². The Bertz CT molecular complexity index is 826. The summed E-state index contributed by atoms with van der Waals surface area (Å²) in [5.41, 5.74) is 4.19. The fourth-order valence-electron chi connectivity index (χ4n) is 3.94. The van der Waals surface area contributed by atoms with E-state index >= 15 is 0 Å². The monoisotopic (exact) mass is 430 g/mol. The first-order valence-corrected chi connectivity index (χ1v) is 10.8. The molecule has 0 aliphatic carbocycles. The van der Waals surface area contributed by atoms with Gasteiger partial charge < -0.3 is 24.5 Å². The summed E-state index contributed by atoms with van der Waals surface area (Å²) in [7, 11) is 1.67. The smallest absolute Gasteiger partial charge is 0.120 e. The lowest BCUT2D eigenvalue weighted by molar-refractivity contribution is -0.108. The molecule has 1 aliphatic rings. The maximum absolute atomic E-state index is 11.2. The van der Waals surface area contributed by atoms with E-state index in [-0.39, 0.29) is 5.92 Å². The van der Waals surface area contributed by atoms with Gasteiger partial charge in [0.1, 0.15) is 6.29 Å². The first-order valence-electron chi connectivity index (χ1n) is 10.5. The van der Waals surface area contributed by atoms with Gasteiger partial charge in [0.2, 0.25) is 0 Å². The number of nitrogens with one attached hydrogen (secondary N) is 1. The Morgan fingerprint density at radius 2 is 2.03 bits per heavy atom. The van der Waals surface area contributed by atoms with E-state index in [0.717, 1.165) is 42.1 Å². The minimum absolute atomic E-state index is 0.0258. The van der Waals surface area contributed by atoms with Gasteiger partial charge in [-0.25, -0.2) is 0 Å². The van der Waals surface area contributed by atoms with Gasteiger partial charge in [-0.05, 0) is 47.9 Å². The first-order chi connectivity index (χ1) is 14.5. The third-order valence-electron chi connectivity index (χ3n) is 5.61. The van der Waals surface area contributed by atoms with Crippen LogP contribution in [0, 0.1) is 5.92 Å². The number of methoxy groups -OCH3 is 1. The molecular formula is C24H31ClN2O3. The van der Waals surface area contributed by atoms with Gasteiger partial charge in [0.05, 0.1) is 37.2 Å². The summed E-state index contributed by atoms with van der Waals surface area (Å²) < 4.78 is 11.1. The SMILES string of the molecule is COCC(CC=O)c1ccc(N2CCOCC2C(C)C)c(Nc2ccc(Cl)cc2)c1. The van der Waals surface area contributed by atoms with Crippen LogP contribution in [0.15, 0.2) is 42.5 Å². The first kappa shape index (κ1) is 22.6. The molecule has 1 N–H and O–H groups in total. The minimum atomic E-state index is 0.0258. The zero-order chi connectivity index (χ0) is 21.5. The molecule has 2 aromatic rings. The Kier molecular flexibility index (Phi) is 8.14. The summed E-state index contributed by atoms with van der Waals surface area (Å²) in [4.78, 5) is 13.6. The molecule has 0 saturated carbocycles. The van der Waals surface area contributed by atoms with E-state index in [1.54, 1.807) is 7.11 Å². The molecule has 2 atom stereocenters. The van der Waals surface area contributed by atoms with Crippen LogP contribution in [0.2, 0.25) is 5.02 Å². The quantitative estimate of drug-likeness (QED) is 0.549. The molecule has 1 fully saturated rings. The summed E-state index contributed by atoms with van der Waals surface area (Å²) in [5, 5.41) is 4.27. The van der Waals surface area contributed by atoms with E-state index in [1.807, 2.05) is 24.3 Å². The number of anilines is 3. The van der Waals surface area contributed by atoms with Crippen LogP contribution in [0.5, 0.6) is 0 Å². The number of morpholine rings is 1. The van der Waals surface area contributed by atoms with Crippen LogP contribution in [0.3, 0.4) is 0 Å². The Balaban J connectivity index is 2.01. The van der Waals surface area contributed by atoms with Crippen LogP contribution >= 0.6 is 11.6 Å². The highest BCUT2D eigenvalue weighted by Crippen LogP contribution is 2.36. The van der Waals surface area contributed by atoms with Crippen molar-refractivity contribution in [3.05, 3.63) is 53.1 Å². The normalized spacial score (nSPS) is 17.8. The standard InChI is InChI=1S/C24H31ClN2O3/c1-17(2)24-16-30-13-11-27(24)23-9-4-18(19(10-12-28)15-29-3)14-22(23)26-21-7-5-20(25)6-8-21/h4-9,12,14,17,19,24,26H,10-11,13,15-16H2,1-3H3. The number of benzene rings is 2. The maximum atomic E-state index is 11.2. The molecule has 1 aliphatic heterocycles. The summed E-state index contributed by atoms with van der Waals surface area (Å²) in [6, 6.07) is 14.4. The molecule has 0 amide bonds. The minimum Gasteiger partial charge on any atom is -0.384 e. The number of hydrogen-bond acceptors (Lipinski definition) is 5. The van der Waals surface area contributed by atoms with Crippen molar-refractivity contribution < 1.29 is 14.3 Å². The predicted octanol–water partition coefficient (Wildman–Crippen LogP) is 5.26. The predicted molar refractivity (Wildman–Crippen MR) is 123 cm³/mol. The third kappa shape index (κ3) is 5.54. The zero-order valence-electron chi connectivity index (χ0n) is 17.9. The van der Waals surface area contributed by atoms with Gasteiger partial charge in [-0.2, -0.15) is 0 Å². The summed E-state index contributed by atoms with van der Waals surface area (Å²) >= 11 is 6.06. The zero-order valence-corrected chi connectivity index (χ0v) is 18.7. The molecule has 5 nitrogen and oxygen atoms in total. The lowest BCUT2D eigenvalue weighted by Gasteiger charge is -2.40. The van der Waals surface area contributed by atoms with Gasteiger partial charge in [0, 0.05) is 36.7 Å². The number of halogens is 1. The number of rotatable bonds is 9. The molecular weight excluding hydrogens is 400 g/mol. The van der Waals surface area contributed by atoms with Crippen LogP contribution < -0.4 is 10.2 Å². The average molecular weight is 431 g/mol. The molecule has 3 rings (SSSR count). The molecule has 0 bridgehead atoms. The molecule has 2 unspecified atom stereocenters. The van der Waals surface area contributed by atoms with Crippen LogP contribution in [0.4, 0.5) is 17.1 Å². The molecule has 0 spiro atoms. The summed E-state index contributed by atoms with van der Waals surface area (Å²) in [5.74, 6) is 0.488. The van der Waals surface area contributed by atoms with Crippen LogP contribution in [0.1, 0.15) is 31.7 Å². The molecule has 6 heteroatoms. The molecule has 0 aromatic heterocycles. The van der Waals surface area contributed by atoms with Crippen molar-refractivity contribution in [2.75, 3.05) is 43.7 Å². The number of carbonyl (C=O) groups excluding carboxylic acids is 1. The Hall–Kier alpha value is -2.08. The summed E-state index contributed by atoms with van der Waals surface area (Å²) in [6.07, 6.45) is 1.39. The fraction of sp³-hybridized carbons (Fsp3) is 0.458. The topological polar surface area (TPSA) is 50.8 Å². The lowest BCUT2D eigenvalue weighted by atomic mass is 9.95. The molecule has 30 heavy (non-hydrogen) atoms. The molecule has 1 heterocycles. The second-order valence-electron chi connectivity index (χ2n) is 8.04. The molecule has 162 valence electrons. The van der Waals surface area contributed by atoms with E-state index in [1.165, 1.54) is 0 Å². The lowest BCUT2D eigenvalue weighted by Crippen LogP contribution is -2.48. The van der Waals surface area contributed by atoms with Crippen molar-refractivity contribution in [3.63, 3.8) is 0 Å². The third-order valence-corrected chi connectivity index (χ3v) is 5.86. The Labute approximate surface area is 184 Å². The van der Waals surface area contributed by atoms with E-state index in [2.05, 4.69) is 42.3 Å². The van der Waals surface area contributed by atoms with Crippen molar-refractivity contribution in [3.8, 4) is 0 Å². The molecule has 0 radical (unpaired) electrons. The second-order valence-corrected chi connectivity index (χ2v) is 8.48. The number of ether oxygens (including phenoxy) is 2. The average Bonchev–Trinajstić information content (AvgIpc) is 2.75. The van der Waals surface area contributed by atoms with Crippen molar-refractivity contribution >= 4 is 34.9 Å². The van der Waals surface area contributed by atoms with Crippen molar-refractivity contribution in [1.82, 2.24) is 0 Å². The van der Waals surface area contributed by atoms with Crippen molar-refractivity contribution in [2.24, 2.45) is 5.92 Å². The Morgan fingerprint density at radius 3 is 2.70 bits per heavy atom. The number of carbonyl (C=O) groups is 1. The molecule has 1 saturated heterocycles.